The van der Waals surface area contributed by atoms with Gasteiger partial charge >= 0.3 is 0 Å². The number of hydrogen-bond acceptors (Lipinski definition) is 0. The van der Waals surface area contributed by atoms with Crippen molar-refractivity contribution in [3.8, 4) is 0 Å². The number of allylic oxidation sites excluding steroid dienone is 5. The van der Waals surface area contributed by atoms with Gasteiger partial charge in [0.25, 0.3) is 0 Å². The zero-order chi connectivity index (χ0) is 18.4. The predicted molar refractivity (Wildman–Crippen MR) is 115 cm³/mol. The molecule has 0 bridgehead atoms. The Morgan fingerprint density at radius 2 is 1.81 bits per heavy atom. The molecule has 0 N–H and O–H groups in total. The minimum Gasteiger partial charge on any atom is -0.0911 e. The van der Waals surface area contributed by atoms with E-state index in [-0.39, 0.29) is 0 Å². The average molecular weight is 343 g/mol. The van der Waals surface area contributed by atoms with Crippen molar-refractivity contribution in [1.82, 2.24) is 0 Å². The van der Waals surface area contributed by atoms with Crippen LogP contribution in [0.25, 0.3) is 11.1 Å². The first kappa shape index (κ1) is 18.5. The molecule has 0 amide bonds. The molecule has 0 atom stereocenters. The topological polar surface area (TPSA) is 0 Å². The minimum atomic E-state index is 0.717. The summed E-state index contributed by atoms with van der Waals surface area (Å²) >= 11 is 0. The number of rotatable bonds is 7. The lowest BCUT2D eigenvalue weighted by molar-refractivity contribution is 0.419. The van der Waals surface area contributed by atoms with Crippen molar-refractivity contribution in [3.63, 3.8) is 0 Å². The van der Waals surface area contributed by atoms with Crippen molar-refractivity contribution in [1.29, 1.82) is 0 Å². The van der Waals surface area contributed by atoms with Crippen molar-refractivity contribution >= 4 is 11.1 Å². The zero-order valence-electron chi connectivity index (χ0n) is 16.2. The first-order valence-corrected chi connectivity index (χ1v) is 9.94. The highest BCUT2D eigenvalue weighted by molar-refractivity contribution is 5.87. The molecule has 1 saturated carbocycles. The van der Waals surface area contributed by atoms with E-state index in [9.17, 15) is 0 Å². The maximum atomic E-state index is 4.41. The summed E-state index contributed by atoms with van der Waals surface area (Å²) in [7, 11) is 0. The lowest BCUT2D eigenvalue weighted by atomic mass is 9.77. The summed E-state index contributed by atoms with van der Waals surface area (Å²) in [5.41, 5.74) is 7.78. The summed E-state index contributed by atoms with van der Waals surface area (Å²) in [6.07, 6.45) is 12.9. The Hall–Kier alpha value is -2.34. The summed E-state index contributed by atoms with van der Waals surface area (Å²) < 4.78 is 0. The summed E-state index contributed by atoms with van der Waals surface area (Å²) in [6, 6.07) is 17.8. The Morgan fingerprint density at radius 1 is 1.08 bits per heavy atom. The van der Waals surface area contributed by atoms with Crippen LogP contribution in [0.3, 0.4) is 0 Å². The van der Waals surface area contributed by atoms with Gasteiger partial charge in [0.1, 0.15) is 0 Å². The van der Waals surface area contributed by atoms with Crippen LogP contribution in [0.1, 0.15) is 67.7 Å². The van der Waals surface area contributed by atoms with Crippen LogP contribution in [0.5, 0.6) is 0 Å². The Labute approximate surface area is 159 Å². The van der Waals surface area contributed by atoms with Gasteiger partial charge in [0.15, 0.2) is 0 Å². The highest BCUT2D eigenvalue weighted by Gasteiger charge is 2.22. The quantitative estimate of drug-likeness (QED) is 0.455. The van der Waals surface area contributed by atoms with Gasteiger partial charge in [-0.2, -0.15) is 0 Å². The van der Waals surface area contributed by atoms with Gasteiger partial charge in [0.2, 0.25) is 0 Å². The second-order valence-electron chi connectivity index (χ2n) is 7.29. The molecule has 0 spiro atoms. The largest absolute Gasteiger partial charge is 0.0911 e. The Morgan fingerprint density at radius 3 is 2.42 bits per heavy atom. The third-order valence-electron chi connectivity index (χ3n) is 5.35. The van der Waals surface area contributed by atoms with E-state index in [2.05, 4.69) is 87.2 Å². The molecule has 0 heteroatoms. The van der Waals surface area contributed by atoms with E-state index in [0.29, 0.717) is 0 Å². The van der Waals surface area contributed by atoms with E-state index in [1.165, 1.54) is 53.5 Å². The molecule has 0 saturated heterocycles. The fourth-order valence-electron chi connectivity index (χ4n) is 3.69. The lowest BCUT2D eigenvalue weighted by Gasteiger charge is -2.28. The molecule has 26 heavy (non-hydrogen) atoms. The van der Waals surface area contributed by atoms with Gasteiger partial charge in [0, 0.05) is 0 Å². The smallest absolute Gasteiger partial charge is 0.0155 e. The minimum absolute atomic E-state index is 0.717. The van der Waals surface area contributed by atoms with Crippen molar-refractivity contribution in [3.05, 3.63) is 95.6 Å². The number of benzene rings is 2. The standard InChI is InChI=1S/C26H30/c1-4-9-21-15-17-22(18-16-21)24(10-5-2)19-20(3)25-13-6-7-14-26(25)23-11-8-12-23/h5-7,10,13-19,23H,3-4,8-9,11-12H2,1-2H3/b10-5-,24-19+. The Balaban J connectivity index is 1.90. The maximum absolute atomic E-state index is 4.41. The SMILES string of the molecule is C=C(/C=C(\C=C/C)c1ccc(CCC)cc1)c1ccccc1C1CCC1. The van der Waals surface area contributed by atoms with E-state index < -0.39 is 0 Å². The van der Waals surface area contributed by atoms with Crippen molar-refractivity contribution in [2.75, 3.05) is 0 Å². The molecule has 0 heterocycles. The van der Waals surface area contributed by atoms with Gasteiger partial charge in [-0.1, -0.05) is 87.0 Å². The average Bonchev–Trinajstić information content (AvgIpc) is 2.61. The predicted octanol–water partition coefficient (Wildman–Crippen LogP) is 7.58. The van der Waals surface area contributed by atoms with E-state index in [4.69, 9.17) is 0 Å². The maximum Gasteiger partial charge on any atom is -0.0155 e. The molecule has 1 aliphatic rings. The molecule has 0 nitrogen and oxygen atoms in total. The molecule has 134 valence electrons. The molecular formula is C26H30. The van der Waals surface area contributed by atoms with Crippen LogP contribution >= 0.6 is 0 Å². The molecule has 1 fully saturated rings. The molecule has 2 aromatic rings. The molecule has 2 aromatic carbocycles. The van der Waals surface area contributed by atoms with Crippen LogP contribution in [-0.2, 0) is 6.42 Å². The van der Waals surface area contributed by atoms with Crippen LogP contribution in [0, 0.1) is 0 Å². The molecule has 0 aromatic heterocycles. The number of hydrogen-bond donors (Lipinski definition) is 0. The zero-order valence-corrected chi connectivity index (χ0v) is 16.2. The van der Waals surface area contributed by atoms with Gasteiger partial charge in [-0.3, -0.25) is 0 Å². The second-order valence-corrected chi connectivity index (χ2v) is 7.29. The lowest BCUT2D eigenvalue weighted by Crippen LogP contribution is -2.10. The van der Waals surface area contributed by atoms with Crippen LogP contribution in [-0.4, -0.2) is 0 Å². The van der Waals surface area contributed by atoms with E-state index in [1.807, 2.05) is 0 Å². The van der Waals surface area contributed by atoms with E-state index in [1.54, 1.807) is 0 Å². The highest BCUT2D eigenvalue weighted by Crippen LogP contribution is 2.40. The second kappa shape index (κ2) is 8.85. The van der Waals surface area contributed by atoms with Crippen LogP contribution < -0.4 is 0 Å². The van der Waals surface area contributed by atoms with Crippen LogP contribution in [0.2, 0.25) is 0 Å². The molecule has 0 unspecified atom stereocenters. The van der Waals surface area contributed by atoms with Gasteiger partial charge in [0.05, 0.1) is 0 Å². The Kier molecular flexibility index (Phi) is 6.28. The van der Waals surface area contributed by atoms with E-state index in [0.717, 1.165) is 17.9 Å². The fourth-order valence-corrected chi connectivity index (χ4v) is 3.69. The summed E-state index contributed by atoms with van der Waals surface area (Å²) in [5, 5.41) is 0. The first-order valence-electron chi connectivity index (χ1n) is 9.94. The third kappa shape index (κ3) is 4.25. The first-order chi connectivity index (χ1) is 12.7. The monoisotopic (exact) mass is 342 g/mol. The van der Waals surface area contributed by atoms with Crippen LogP contribution in [0.15, 0.2) is 73.3 Å². The summed E-state index contributed by atoms with van der Waals surface area (Å²) in [6.45, 7) is 8.71. The Bertz CT molecular complexity index is 798. The summed E-state index contributed by atoms with van der Waals surface area (Å²) in [4.78, 5) is 0. The van der Waals surface area contributed by atoms with E-state index >= 15 is 0 Å². The van der Waals surface area contributed by atoms with Gasteiger partial charge in [-0.25, -0.2) is 0 Å². The van der Waals surface area contributed by atoms with Crippen molar-refractivity contribution in [2.45, 2.75) is 51.9 Å². The molecule has 0 radical (unpaired) electrons. The summed E-state index contributed by atoms with van der Waals surface area (Å²) in [5.74, 6) is 0.717. The molecular weight excluding hydrogens is 312 g/mol. The van der Waals surface area contributed by atoms with Crippen molar-refractivity contribution in [2.24, 2.45) is 0 Å². The van der Waals surface area contributed by atoms with Gasteiger partial charge in [-0.05, 0) is 71.6 Å². The normalized spacial score (nSPS) is 15.2. The fraction of sp³-hybridized carbons (Fsp3) is 0.308. The van der Waals surface area contributed by atoms with Crippen LogP contribution in [0.4, 0.5) is 0 Å². The molecule has 0 aliphatic heterocycles. The third-order valence-corrected chi connectivity index (χ3v) is 5.35. The molecule has 1 aliphatic carbocycles. The van der Waals surface area contributed by atoms with Gasteiger partial charge in [-0.15, -0.1) is 0 Å². The van der Waals surface area contributed by atoms with Gasteiger partial charge < -0.3 is 0 Å². The highest BCUT2D eigenvalue weighted by atomic mass is 14.3. The van der Waals surface area contributed by atoms with Crippen molar-refractivity contribution < 1.29 is 0 Å². The number of aryl methyl sites for hydroxylation is 1. The molecule has 3 rings (SSSR count).